The Morgan fingerprint density at radius 2 is 1.92 bits per heavy atom. The lowest BCUT2D eigenvalue weighted by molar-refractivity contribution is 0.0696. The highest BCUT2D eigenvalue weighted by molar-refractivity contribution is 7.89. The Bertz CT molecular complexity index is 869. The molecule has 0 amide bonds. The van der Waals surface area contributed by atoms with Crippen molar-refractivity contribution in [3.05, 3.63) is 65.0 Å². The van der Waals surface area contributed by atoms with Crippen LogP contribution in [0.3, 0.4) is 0 Å². The number of sulfonamides is 1. The molecule has 0 fully saturated rings. The molecule has 0 atom stereocenters. The van der Waals surface area contributed by atoms with E-state index < -0.39 is 27.4 Å². The smallest absolute Gasteiger partial charge is 0.335 e. The molecule has 0 aliphatic rings. The molecule has 0 aliphatic heterocycles. The summed E-state index contributed by atoms with van der Waals surface area (Å²) in [7, 11) is -4.02. The molecule has 0 radical (unpaired) electrons. The molecule has 0 spiro atoms. The second-order valence-electron chi connectivity index (χ2n) is 5.68. The average Bonchev–Trinajstić information content (AvgIpc) is 2.60. The van der Waals surface area contributed by atoms with Crippen molar-refractivity contribution in [3.63, 3.8) is 0 Å². The summed E-state index contributed by atoms with van der Waals surface area (Å²) >= 11 is 0. The van der Waals surface area contributed by atoms with Gasteiger partial charge in [0.2, 0.25) is 10.0 Å². The Labute approximate surface area is 151 Å². The Kier molecular flexibility index (Phi) is 6.84. The Morgan fingerprint density at radius 3 is 2.58 bits per heavy atom. The van der Waals surface area contributed by atoms with Crippen molar-refractivity contribution in [2.75, 3.05) is 13.2 Å². The van der Waals surface area contributed by atoms with E-state index in [4.69, 9.17) is 9.84 Å². The van der Waals surface area contributed by atoms with Gasteiger partial charge in [0.25, 0.3) is 0 Å². The minimum atomic E-state index is -4.02. The van der Waals surface area contributed by atoms with Crippen LogP contribution in [0.5, 0.6) is 0 Å². The molecule has 8 heteroatoms. The fourth-order valence-corrected chi connectivity index (χ4v) is 3.63. The van der Waals surface area contributed by atoms with Gasteiger partial charge >= 0.3 is 5.97 Å². The molecular weight excluding hydrogens is 361 g/mol. The molecule has 0 saturated carbocycles. The largest absolute Gasteiger partial charge is 0.478 e. The van der Waals surface area contributed by atoms with E-state index in [0.29, 0.717) is 19.6 Å². The van der Waals surface area contributed by atoms with Crippen molar-refractivity contribution in [1.29, 1.82) is 0 Å². The summed E-state index contributed by atoms with van der Waals surface area (Å²) in [6, 6.07) is 11.3. The zero-order valence-electron chi connectivity index (χ0n) is 14.2. The van der Waals surface area contributed by atoms with Gasteiger partial charge in [0.1, 0.15) is 5.82 Å². The Morgan fingerprint density at radius 1 is 1.23 bits per heavy atom. The third-order valence-electron chi connectivity index (χ3n) is 3.70. The first kappa shape index (κ1) is 20.0. The molecular formula is C18H20FNO5S. The van der Waals surface area contributed by atoms with Crippen molar-refractivity contribution in [1.82, 2.24) is 4.72 Å². The molecule has 0 unspecified atom stereocenters. The van der Waals surface area contributed by atoms with Crippen LogP contribution in [0.4, 0.5) is 4.39 Å². The molecule has 2 aromatic rings. The summed E-state index contributed by atoms with van der Waals surface area (Å²) in [4.78, 5) is 10.6. The van der Waals surface area contributed by atoms with Crippen molar-refractivity contribution < 1.29 is 27.4 Å². The Balaban J connectivity index is 1.90. The summed E-state index contributed by atoms with van der Waals surface area (Å²) in [6.45, 7) is 2.16. The SMILES string of the molecule is Cc1c(F)cc(C(=O)O)cc1S(=O)(=O)NCCCOCc1ccccc1. The lowest BCUT2D eigenvalue weighted by Gasteiger charge is -2.11. The number of benzene rings is 2. The zero-order valence-corrected chi connectivity index (χ0v) is 15.1. The number of ether oxygens (including phenoxy) is 1. The first-order valence-electron chi connectivity index (χ1n) is 7.96. The minimum absolute atomic E-state index is 0.0927. The topological polar surface area (TPSA) is 92.7 Å². The number of carbonyl (C=O) groups is 1. The van der Waals surface area contributed by atoms with E-state index in [1.807, 2.05) is 30.3 Å². The quantitative estimate of drug-likeness (QED) is 0.652. The normalized spacial score (nSPS) is 11.5. The number of aromatic carboxylic acids is 1. The van der Waals surface area contributed by atoms with Gasteiger partial charge in [-0.3, -0.25) is 0 Å². The molecule has 0 bridgehead atoms. The monoisotopic (exact) mass is 381 g/mol. The molecule has 2 aromatic carbocycles. The second kappa shape index (κ2) is 8.88. The van der Waals surface area contributed by atoms with E-state index in [0.717, 1.165) is 17.7 Å². The average molecular weight is 381 g/mol. The van der Waals surface area contributed by atoms with Crippen molar-refractivity contribution in [2.24, 2.45) is 0 Å². The third kappa shape index (κ3) is 5.35. The fourth-order valence-electron chi connectivity index (χ4n) is 2.28. The van der Waals surface area contributed by atoms with Gasteiger partial charge < -0.3 is 9.84 Å². The molecule has 0 aliphatic carbocycles. The van der Waals surface area contributed by atoms with Crippen LogP contribution in [0.15, 0.2) is 47.4 Å². The maximum absolute atomic E-state index is 13.8. The van der Waals surface area contributed by atoms with Gasteiger partial charge in [-0.25, -0.2) is 22.3 Å². The summed E-state index contributed by atoms with van der Waals surface area (Å²) in [5.74, 6) is -2.27. The number of carboxylic acid groups (broad SMARTS) is 1. The standard InChI is InChI=1S/C18H20FNO5S/c1-13-16(19)10-15(18(21)22)11-17(13)26(23,24)20-8-5-9-25-12-14-6-3-2-4-7-14/h2-4,6-7,10-11,20H,5,8-9,12H2,1H3,(H,21,22). The maximum atomic E-state index is 13.8. The van der Waals surface area contributed by atoms with E-state index >= 15 is 0 Å². The van der Waals surface area contributed by atoms with Crippen molar-refractivity contribution >= 4 is 16.0 Å². The lowest BCUT2D eigenvalue weighted by Crippen LogP contribution is -2.27. The van der Waals surface area contributed by atoms with Gasteiger partial charge in [-0.2, -0.15) is 0 Å². The highest BCUT2D eigenvalue weighted by atomic mass is 32.2. The van der Waals surface area contributed by atoms with Crippen LogP contribution >= 0.6 is 0 Å². The van der Waals surface area contributed by atoms with Crippen molar-refractivity contribution in [3.8, 4) is 0 Å². The minimum Gasteiger partial charge on any atom is -0.478 e. The van der Waals surface area contributed by atoms with Crippen LogP contribution in [-0.4, -0.2) is 32.6 Å². The second-order valence-corrected chi connectivity index (χ2v) is 7.41. The van der Waals surface area contributed by atoms with Gasteiger partial charge in [0, 0.05) is 18.7 Å². The molecule has 0 heterocycles. The summed E-state index contributed by atoms with van der Waals surface area (Å²) in [5, 5.41) is 8.96. The predicted octanol–water partition coefficient (Wildman–Crippen LogP) is 2.72. The van der Waals surface area contributed by atoms with Gasteiger partial charge in [0.15, 0.2) is 0 Å². The summed E-state index contributed by atoms with van der Waals surface area (Å²) in [6.07, 6.45) is 0.423. The molecule has 26 heavy (non-hydrogen) atoms. The van der Waals surface area contributed by atoms with E-state index in [2.05, 4.69) is 4.72 Å². The predicted molar refractivity (Wildman–Crippen MR) is 94.0 cm³/mol. The van der Waals surface area contributed by atoms with E-state index in [9.17, 15) is 17.6 Å². The number of nitrogens with one attached hydrogen (secondary N) is 1. The fraction of sp³-hybridized carbons (Fsp3) is 0.278. The van der Waals surface area contributed by atoms with Crippen molar-refractivity contribution in [2.45, 2.75) is 24.8 Å². The highest BCUT2D eigenvalue weighted by Gasteiger charge is 2.21. The third-order valence-corrected chi connectivity index (χ3v) is 5.29. The van der Waals surface area contributed by atoms with Crippen LogP contribution in [0.2, 0.25) is 0 Å². The van der Waals surface area contributed by atoms with E-state index in [1.165, 1.54) is 6.92 Å². The Hall–Kier alpha value is -2.29. The number of halogens is 1. The molecule has 140 valence electrons. The van der Waals surface area contributed by atoms with Crippen LogP contribution in [0, 0.1) is 12.7 Å². The maximum Gasteiger partial charge on any atom is 0.335 e. The molecule has 2 rings (SSSR count). The van der Waals surface area contributed by atoms with Crippen LogP contribution < -0.4 is 4.72 Å². The van der Waals surface area contributed by atoms with Gasteiger partial charge in [-0.05, 0) is 31.0 Å². The van der Waals surface area contributed by atoms with Crippen LogP contribution in [0.25, 0.3) is 0 Å². The lowest BCUT2D eigenvalue weighted by atomic mass is 10.1. The van der Waals surface area contributed by atoms with E-state index in [1.54, 1.807) is 0 Å². The summed E-state index contributed by atoms with van der Waals surface area (Å²) < 4.78 is 46.3. The summed E-state index contributed by atoms with van der Waals surface area (Å²) in [5.41, 5.74) is 0.479. The molecule has 2 N–H and O–H groups in total. The zero-order chi connectivity index (χ0) is 19.2. The van der Waals surface area contributed by atoms with Crippen LogP contribution in [-0.2, 0) is 21.4 Å². The molecule has 0 aromatic heterocycles. The highest BCUT2D eigenvalue weighted by Crippen LogP contribution is 2.20. The molecule has 6 nitrogen and oxygen atoms in total. The van der Waals surface area contributed by atoms with Gasteiger partial charge in [0.05, 0.1) is 17.1 Å². The first-order chi connectivity index (χ1) is 12.3. The number of rotatable bonds is 9. The number of carboxylic acids is 1. The first-order valence-corrected chi connectivity index (χ1v) is 9.44. The number of hydrogen-bond acceptors (Lipinski definition) is 4. The molecule has 0 saturated heterocycles. The van der Waals surface area contributed by atoms with Gasteiger partial charge in [-0.15, -0.1) is 0 Å². The van der Waals surface area contributed by atoms with Gasteiger partial charge in [-0.1, -0.05) is 30.3 Å². The van der Waals surface area contributed by atoms with Crippen LogP contribution in [0.1, 0.15) is 27.9 Å². The number of hydrogen-bond donors (Lipinski definition) is 2. The van der Waals surface area contributed by atoms with E-state index in [-0.39, 0.29) is 17.0 Å².